The van der Waals surface area contributed by atoms with Gasteiger partial charge in [0, 0.05) is 31.4 Å². The highest BCUT2D eigenvalue weighted by atomic mass is 35.5. The second-order valence-corrected chi connectivity index (χ2v) is 3.99. The van der Waals surface area contributed by atoms with E-state index in [1.807, 2.05) is 24.5 Å². The summed E-state index contributed by atoms with van der Waals surface area (Å²) >= 11 is 0. The first-order valence-electron chi connectivity index (χ1n) is 5.41. The molecule has 0 spiro atoms. The van der Waals surface area contributed by atoms with Crippen LogP contribution < -0.4 is 5.32 Å². The van der Waals surface area contributed by atoms with Crippen molar-refractivity contribution in [1.82, 2.24) is 25.3 Å². The molecule has 2 aromatic heterocycles. The van der Waals surface area contributed by atoms with Crippen LogP contribution in [0.4, 0.5) is 0 Å². The minimum atomic E-state index is 0. The summed E-state index contributed by atoms with van der Waals surface area (Å²) < 4.78 is 0. The standard InChI is InChI=1S/C11H13N5.ClH/c1-3-12-4-2-9(1)11(10-7-13-8-10)16-14-5-6-15-16;/h1-6,10-11,13H,7-8H2;1H. The number of hydrogen-bond acceptors (Lipinski definition) is 4. The van der Waals surface area contributed by atoms with E-state index >= 15 is 0 Å². The Hall–Kier alpha value is -1.46. The molecule has 2 aromatic rings. The minimum absolute atomic E-state index is 0. The summed E-state index contributed by atoms with van der Waals surface area (Å²) in [4.78, 5) is 5.84. The second-order valence-electron chi connectivity index (χ2n) is 3.99. The van der Waals surface area contributed by atoms with Gasteiger partial charge in [-0.05, 0) is 17.7 Å². The maximum atomic E-state index is 4.25. The Morgan fingerprint density at radius 3 is 2.29 bits per heavy atom. The molecule has 0 aliphatic carbocycles. The molecule has 3 heterocycles. The third-order valence-electron chi connectivity index (χ3n) is 2.99. The second kappa shape index (κ2) is 5.25. The van der Waals surface area contributed by atoms with E-state index in [0.29, 0.717) is 5.92 Å². The molecule has 0 radical (unpaired) electrons. The van der Waals surface area contributed by atoms with Crippen LogP contribution in [0.25, 0.3) is 0 Å². The third-order valence-corrected chi connectivity index (χ3v) is 2.99. The maximum Gasteiger partial charge on any atom is 0.102 e. The number of pyridine rings is 1. The predicted molar refractivity (Wildman–Crippen MR) is 66.0 cm³/mol. The van der Waals surface area contributed by atoms with Crippen molar-refractivity contribution in [3.05, 3.63) is 42.5 Å². The van der Waals surface area contributed by atoms with Gasteiger partial charge in [-0.25, -0.2) is 0 Å². The smallest absolute Gasteiger partial charge is 0.102 e. The molecule has 1 aliphatic rings. The maximum absolute atomic E-state index is 4.25. The monoisotopic (exact) mass is 251 g/mol. The SMILES string of the molecule is Cl.c1cc(C(C2CNC2)n2nccn2)ccn1. The van der Waals surface area contributed by atoms with Gasteiger partial charge in [0.05, 0.1) is 12.4 Å². The van der Waals surface area contributed by atoms with Gasteiger partial charge in [-0.2, -0.15) is 15.0 Å². The van der Waals surface area contributed by atoms with Gasteiger partial charge in [0.15, 0.2) is 0 Å². The van der Waals surface area contributed by atoms with Gasteiger partial charge in [-0.1, -0.05) is 0 Å². The molecule has 1 N–H and O–H groups in total. The molecule has 6 heteroatoms. The summed E-state index contributed by atoms with van der Waals surface area (Å²) in [5.41, 5.74) is 1.22. The van der Waals surface area contributed by atoms with Crippen molar-refractivity contribution in [1.29, 1.82) is 0 Å². The van der Waals surface area contributed by atoms with Crippen LogP contribution >= 0.6 is 12.4 Å². The summed E-state index contributed by atoms with van der Waals surface area (Å²) in [5, 5.41) is 11.8. The summed E-state index contributed by atoms with van der Waals surface area (Å²) in [6.07, 6.45) is 7.08. The van der Waals surface area contributed by atoms with E-state index in [4.69, 9.17) is 0 Å². The highest BCUT2D eigenvalue weighted by molar-refractivity contribution is 5.85. The van der Waals surface area contributed by atoms with E-state index in [-0.39, 0.29) is 18.4 Å². The highest BCUT2D eigenvalue weighted by Gasteiger charge is 2.30. The average Bonchev–Trinajstić information content (AvgIpc) is 2.77. The van der Waals surface area contributed by atoms with Crippen molar-refractivity contribution in [2.75, 3.05) is 13.1 Å². The lowest BCUT2D eigenvalue weighted by Gasteiger charge is -2.34. The lowest BCUT2D eigenvalue weighted by molar-refractivity contribution is 0.236. The molecular weight excluding hydrogens is 238 g/mol. The Labute approximate surface area is 106 Å². The zero-order valence-electron chi connectivity index (χ0n) is 9.23. The molecule has 1 aliphatic heterocycles. The zero-order valence-corrected chi connectivity index (χ0v) is 10.0. The largest absolute Gasteiger partial charge is 0.316 e. The van der Waals surface area contributed by atoms with E-state index in [1.165, 1.54) is 5.56 Å². The van der Waals surface area contributed by atoms with E-state index in [9.17, 15) is 0 Å². The molecule has 1 fully saturated rings. The topological polar surface area (TPSA) is 55.6 Å². The number of hydrogen-bond donors (Lipinski definition) is 1. The van der Waals surface area contributed by atoms with Crippen molar-refractivity contribution < 1.29 is 0 Å². The quantitative estimate of drug-likeness (QED) is 0.881. The molecule has 1 saturated heterocycles. The fourth-order valence-electron chi connectivity index (χ4n) is 2.06. The highest BCUT2D eigenvalue weighted by Crippen LogP contribution is 2.27. The third kappa shape index (κ3) is 2.30. The van der Waals surface area contributed by atoms with Crippen LogP contribution in [0.2, 0.25) is 0 Å². The van der Waals surface area contributed by atoms with Gasteiger partial charge in [0.1, 0.15) is 6.04 Å². The fourth-order valence-corrected chi connectivity index (χ4v) is 2.06. The van der Waals surface area contributed by atoms with Crippen molar-refractivity contribution in [2.45, 2.75) is 6.04 Å². The molecule has 17 heavy (non-hydrogen) atoms. The number of nitrogens with one attached hydrogen (secondary N) is 1. The molecule has 90 valence electrons. The van der Waals surface area contributed by atoms with Crippen LogP contribution in [0, 0.1) is 5.92 Å². The van der Waals surface area contributed by atoms with Crippen LogP contribution in [0.1, 0.15) is 11.6 Å². The van der Waals surface area contributed by atoms with Crippen LogP contribution in [0.15, 0.2) is 36.9 Å². The molecule has 1 unspecified atom stereocenters. The molecule has 1 atom stereocenters. The Bertz CT molecular complexity index is 440. The Kier molecular flexibility index (Phi) is 3.71. The van der Waals surface area contributed by atoms with Crippen LogP contribution in [0.5, 0.6) is 0 Å². The first-order valence-corrected chi connectivity index (χ1v) is 5.41. The molecular formula is C11H14ClN5. The van der Waals surface area contributed by atoms with Crippen molar-refractivity contribution in [3.8, 4) is 0 Å². The summed E-state index contributed by atoms with van der Waals surface area (Å²) in [7, 11) is 0. The van der Waals surface area contributed by atoms with E-state index in [1.54, 1.807) is 17.2 Å². The van der Waals surface area contributed by atoms with Crippen molar-refractivity contribution in [2.24, 2.45) is 5.92 Å². The van der Waals surface area contributed by atoms with E-state index < -0.39 is 0 Å². The van der Waals surface area contributed by atoms with Gasteiger partial charge >= 0.3 is 0 Å². The van der Waals surface area contributed by atoms with E-state index in [2.05, 4.69) is 20.5 Å². The van der Waals surface area contributed by atoms with Gasteiger partial charge in [0.25, 0.3) is 0 Å². The molecule has 0 aromatic carbocycles. The normalized spacial score (nSPS) is 16.9. The molecule has 0 amide bonds. The minimum Gasteiger partial charge on any atom is -0.316 e. The summed E-state index contributed by atoms with van der Waals surface area (Å²) in [5.74, 6) is 0.565. The molecule has 0 saturated carbocycles. The number of nitrogens with zero attached hydrogens (tertiary/aromatic N) is 4. The van der Waals surface area contributed by atoms with Crippen LogP contribution in [-0.4, -0.2) is 33.1 Å². The van der Waals surface area contributed by atoms with Gasteiger partial charge in [-0.3, -0.25) is 4.98 Å². The molecule has 3 rings (SSSR count). The lowest BCUT2D eigenvalue weighted by atomic mass is 9.89. The van der Waals surface area contributed by atoms with Crippen molar-refractivity contribution in [3.63, 3.8) is 0 Å². The fraction of sp³-hybridized carbons (Fsp3) is 0.364. The number of aromatic nitrogens is 4. The lowest BCUT2D eigenvalue weighted by Crippen LogP contribution is -2.47. The van der Waals surface area contributed by atoms with E-state index in [0.717, 1.165) is 13.1 Å². The summed E-state index contributed by atoms with van der Waals surface area (Å²) in [6.45, 7) is 2.04. The van der Waals surface area contributed by atoms with Crippen molar-refractivity contribution >= 4 is 12.4 Å². The van der Waals surface area contributed by atoms with Gasteiger partial charge < -0.3 is 5.32 Å². The van der Waals surface area contributed by atoms with Gasteiger partial charge in [-0.15, -0.1) is 12.4 Å². The zero-order chi connectivity index (χ0) is 10.8. The van der Waals surface area contributed by atoms with Gasteiger partial charge in [0.2, 0.25) is 0 Å². The first kappa shape index (κ1) is 12.0. The van der Waals surface area contributed by atoms with Crippen LogP contribution in [-0.2, 0) is 0 Å². The Morgan fingerprint density at radius 1 is 1.12 bits per heavy atom. The first-order chi connectivity index (χ1) is 7.95. The number of rotatable bonds is 3. The Morgan fingerprint density at radius 2 is 1.76 bits per heavy atom. The Balaban J connectivity index is 0.00000108. The predicted octanol–water partition coefficient (Wildman–Crippen LogP) is 0.904. The number of halogens is 1. The van der Waals surface area contributed by atoms with Crippen LogP contribution in [0.3, 0.4) is 0 Å². The molecule has 0 bridgehead atoms. The molecule has 5 nitrogen and oxygen atoms in total. The average molecular weight is 252 g/mol. The summed E-state index contributed by atoms with van der Waals surface area (Å²) in [6, 6.07) is 4.29.